The van der Waals surface area contributed by atoms with Gasteiger partial charge in [-0.1, -0.05) is 18.2 Å². The van der Waals surface area contributed by atoms with Gasteiger partial charge in [0, 0.05) is 18.7 Å². The number of hydrogen-bond acceptors (Lipinski definition) is 4. The maximum absolute atomic E-state index is 12.5. The van der Waals surface area contributed by atoms with Gasteiger partial charge in [-0.3, -0.25) is 9.59 Å². The van der Waals surface area contributed by atoms with Gasteiger partial charge in [-0.25, -0.2) is 13.6 Å². The minimum Gasteiger partial charge on any atom is -0.356 e. The molecular weight excluding hydrogens is 390 g/mol. The summed E-state index contributed by atoms with van der Waals surface area (Å²) in [6.45, 7) is 1.02. The van der Waals surface area contributed by atoms with Crippen LogP contribution in [0, 0.1) is 5.41 Å². The van der Waals surface area contributed by atoms with Crippen molar-refractivity contribution in [3.05, 3.63) is 64.7 Å². The average Bonchev–Trinajstić information content (AvgIpc) is 3.05. The van der Waals surface area contributed by atoms with Crippen LogP contribution in [0.2, 0.25) is 0 Å². The quantitative estimate of drug-likeness (QED) is 0.699. The average molecular weight is 413 g/mol. The summed E-state index contributed by atoms with van der Waals surface area (Å²) >= 11 is 0. The summed E-state index contributed by atoms with van der Waals surface area (Å²) in [6.07, 6.45) is 3.20. The van der Waals surface area contributed by atoms with Gasteiger partial charge in [0.15, 0.2) is 0 Å². The predicted molar refractivity (Wildman–Crippen MR) is 108 cm³/mol. The van der Waals surface area contributed by atoms with Gasteiger partial charge in [-0.2, -0.15) is 0 Å². The fraction of sp³-hybridized carbons (Fsp3) is 0.333. The molecule has 2 aliphatic rings. The van der Waals surface area contributed by atoms with Crippen molar-refractivity contribution in [3.8, 4) is 0 Å². The molecule has 2 aromatic rings. The van der Waals surface area contributed by atoms with E-state index in [1.807, 2.05) is 12.1 Å². The van der Waals surface area contributed by atoms with E-state index < -0.39 is 10.0 Å². The minimum atomic E-state index is -3.73. The summed E-state index contributed by atoms with van der Waals surface area (Å²) in [5.41, 5.74) is 3.35. The molecule has 152 valence electrons. The summed E-state index contributed by atoms with van der Waals surface area (Å²) in [7, 11) is -3.73. The molecule has 2 amide bonds. The second kappa shape index (κ2) is 7.27. The Morgan fingerprint density at radius 3 is 2.52 bits per heavy atom. The Labute approximate surface area is 169 Å². The predicted octanol–water partition coefficient (Wildman–Crippen LogP) is 1.26. The van der Waals surface area contributed by atoms with Gasteiger partial charge in [0.05, 0.1) is 10.3 Å². The molecule has 1 heterocycles. The third kappa shape index (κ3) is 3.90. The molecule has 4 rings (SSSR count). The number of nitrogens with two attached hydrogens (primary N) is 1. The van der Waals surface area contributed by atoms with Crippen molar-refractivity contribution < 1.29 is 18.0 Å². The van der Waals surface area contributed by atoms with Gasteiger partial charge in [0.1, 0.15) is 0 Å². The highest BCUT2D eigenvalue weighted by atomic mass is 32.2. The van der Waals surface area contributed by atoms with Crippen molar-refractivity contribution in [2.24, 2.45) is 10.6 Å². The largest absolute Gasteiger partial charge is 0.356 e. The van der Waals surface area contributed by atoms with Crippen molar-refractivity contribution >= 4 is 21.8 Å². The molecule has 4 N–H and O–H groups in total. The Morgan fingerprint density at radius 2 is 1.86 bits per heavy atom. The number of amides is 2. The molecule has 1 aliphatic heterocycles. The molecule has 0 radical (unpaired) electrons. The van der Waals surface area contributed by atoms with Crippen LogP contribution in [0.3, 0.4) is 0 Å². The van der Waals surface area contributed by atoms with Crippen molar-refractivity contribution in [3.63, 3.8) is 0 Å². The number of carbonyl (C=O) groups is 2. The molecular formula is C21H23N3O4S. The number of nitrogens with one attached hydrogen (secondary N) is 2. The monoisotopic (exact) mass is 413 g/mol. The maximum Gasteiger partial charge on any atom is 0.251 e. The van der Waals surface area contributed by atoms with E-state index in [9.17, 15) is 18.0 Å². The fourth-order valence-corrected chi connectivity index (χ4v) is 4.72. The molecule has 29 heavy (non-hydrogen) atoms. The first-order valence-electron chi connectivity index (χ1n) is 9.57. The van der Waals surface area contributed by atoms with Crippen LogP contribution in [0.25, 0.3) is 0 Å². The number of rotatable bonds is 4. The highest BCUT2D eigenvalue weighted by molar-refractivity contribution is 7.89. The summed E-state index contributed by atoms with van der Waals surface area (Å²) in [5.74, 6) is -0.0411. The highest BCUT2D eigenvalue weighted by Crippen LogP contribution is 2.41. The van der Waals surface area contributed by atoms with Crippen LogP contribution in [0.15, 0.2) is 47.4 Å². The topological polar surface area (TPSA) is 118 Å². The third-order valence-corrected chi connectivity index (χ3v) is 6.88. The second-order valence-corrected chi connectivity index (χ2v) is 9.38. The Kier molecular flexibility index (Phi) is 4.92. The van der Waals surface area contributed by atoms with Crippen molar-refractivity contribution in [1.29, 1.82) is 0 Å². The molecule has 0 bridgehead atoms. The van der Waals surface area contributed by atoms with E-state index in [1.165, 1.54) is 12.1 Å². The van der Waals surface area contributed by atoms with E-state index in [-0.39, 0.29) is 28.7 Å². The van der Waals surface area contributed by atoms with Gasteiger partial charge in [-0.05, 0) is 66.6 Å². The first-order valence-corrected chi connectivity index (χ1v) is 11.1. The minimum absolute atomic E-state index is 0.0379. The van der Waals surface area contributed by atoms with Crippen molar-refractivity contribution in [2.75, 3.05) is 6.54 Å². The Morgan fingerprint density at radius 1 is 1.10 bits per heavy atom. The number of carbonyl (C=O) groups excluding carboxylic acids is 2. The summed E-state index contributed by atoms with van der Waals surface area (Å²) in [5, 5.41) is 10.9. The van der Waals surface area contributed by atoms with Crippen LogP contribution in [-0.4, -0.2) is 26.8 Å². The lowest BCUT2D eigenvalue weighted by Crippen LogP contribution is -2.36. The SMILES string of the molecule is NS(=O)(=O)c1ccc(CNC(=O)c2ccc3c(c2)CCC2(CCNC2=O)C3)cc1. The first-order chi connectivity index (χ1) is 13.8. The van der Waals surface area contributed by atoms with Crippen LogP contribution in [-0.2, 0) is 34.2 Å². The Balaban J connectivity index is 1.42. The summed E-state index contributed by atoms with van der Waals surface area (Å²) < 4.78 is 22.6. The number of hydrogen-bond donors (Lipinski definition) is 3. The molecule has 7 nitrogen and oxygen atoms in total. The van der Waals surface area contributed by atoms with Crippen LogP contribution >= 0.6 is 0 Å². The first kappa shape index (κ1) is 19.6. The zero-order valence-electron chi connectivity index (χ0n) is 15.9. The fourth-order valence-electron chi connectivity index (χ4n) is 4.20. The van der Waals surface area contributed by atoms with E-state index in [0.29, 0.717) is 5.56 Å². The molecule has 1 unspecified atom stereocenters. The molecule has 1 aliphatic carbocycles. The molecule has 8 heteroatoms. The Bertz CT molecular complexity index is 1080. The lowest BCUT2D eigenvalue weighted by atomic mass is 9.70. The van der Waals surface area contributed by atoms with Crippen LogP contribution in [0.1, 0.15) is 39.9 Å². The van der Waals surface area contributed by atoms with Gasteiger partial charge in [-0.15, -0.1) is 0 Å². The smallest absolute Gasteiger partial charge is 0.251 e. The molecule has 1 saturated heterocycles. The van der Waals surface area contributed by atoms with E-state index in [2.05, 4.69) is 10.6 Å². The zero-order valence-corrected chi connectivity index (χ0v) is 16.7. The lowest BCUT2D eigenvalue weighted by Gasteiger charge is -2.32. The molecule has 1 spiro atoms. The lowest BCUT2D eigenvalue weighted by molar-refractivity contribution is -0.128. The maximum atomic E-state index is 12.5. The number of fused-ring (bicyclic) bond motifs is 1. The zero-order chi connectivity index (χ0) is 20.6. The van der Waals surface area contributed by atoms with E-state index in [4.69, 9.17) is 5.14 Å². The van der Waals surface area contributed by atoms with Gasteiger partial charge in [0.25, 0.3) is 5.91 Å². The van der Waals surface area contributed by atoms with Gasteiger partial charge < -0.3 is 10.6 Å². The Hall–Kier alpha value is -2.71. The molecule has 0 saturated carbocycles. The van der Waals surface area contributed by atoms with Crippen molar-refractivity contribution in [1.82, 2.24) is 10.6 Å². The van der Waals surface area contributed by atoms with Crippen LogP contribution < -0.4 is 15.8 Å². The number of sulfonamides is 1. The third-order valence-electron chi connectivity index (χ3n) is 5.95. The number of aryl methyl sites for hydroxylation is 1. The standard InChI is InChI=1S/C21H23N3O4S/c22-29(27,28)18-5-1-14(2-6-18)13-24-19(25)16-3-4-17-12-21(8-7-15(17)11-16)9-10-23-20(21)26/h1-6,11H,7-10,12-13H2,(H,23,26)(H,24,25)(H2,22,27,28). The summed E-state index contributed by atoms with van der Waals surface area (Å²) in [6, 6.07) is 11.8. The van der Waals surface area contributed by atoms with Crippen LogP contribution in [0.4, 0.5) is 0 Å². The number of primary sulfonamides is 1. The second-order valence-electron chi connectivity index (χ2n) is 7.82. The van der Waals surface area contributed by atoms with E-state index in [1.54, 1.807) is 18.2 Å². The van der Waals surface area contributed by atoms with E-state index in [0.717, 1.165) is 48.9 Å². The highest BCUT2D eigenvalue weighted by Gasteiger charge is 2.44. The molecule has 2 aromatic carbocycles. The number of benzene rings is 2. The van der Waals surface area contributed by atoms with Gasteiger partial charge >= 0.3 is 0 Å². The van der Waals surface area contributed by atoms with Gasteiger partial charge in [0.2, 0.25) is 15.9 Å². The molecule has 1 fully saturated rings. The van der Waals surface area contributed by atoms with Crippen LogP contribution in [0.5, 0.6) is 0 Å². The van der Waals surface area contributed by atoms with Crippen molar-refractivity contribution in [2.45, 2.75) is 37.1 Å². The van der Waals surface area contributed by atoms with E-state index >= 15 is 0 Å². The summed E-state index contributed by atoms with van der Waals surface area (Å²) in [4.78, 5) is 24.8. The molecule has 1 atom stereocenters. The molecule has 0 aromatic heterocycles. The normalized spacial score (nSPS) is 20.9.